The first-order chi connectivity index (χ1) is 18.8. The number of rotatable bonds is 1. The monoisotopic (exact) mass is 564 g/mol. The van der Waals surface area contributed by atoms with Crippen LogP contribution >= 0.6 is 0 Å². The predicted molar refractivity (Wildman–Crippen MR) is 155 cm³/mol. The Labute approximate surface area is 240 Å². The molecule has 1 unspecified atom stereocenters. The molecule has 0 radical (unpaired) electrons. The molecule has 10 atom stereocenters. The third-order valence-corrected chi connectivity index (χ3v) is 8.09. The first-order valence-electron chi connectivity index (χ1n) is 14.7. The van der Waals surface area contributed by atoms with Crippen LogP contribution in [-0.4, -0.2) is 80.8 Å². The lowest BCUT2D eigenvalue weighted by Crippen LogP contribution is -2.43. The molecule has 0 bridgehead atoms. The van der Waals surface area contributed by atoms with Gasteiger partial charge in [-0.05, 0) is 70.1 Å². The molecule has 40 heavy (non-hydrogen) atoms. The number of aliphatic hydroxyl groups is 5. The molecule has 0 aromatic heterocycles. The molecule has 5 N–H and O–H groups in total. The highest BCUT2D eigenvalue weighted by molar-refractivity contribution is 5.87. The van der Waals surface area contributed by atoms with Gasteiger partial charge in [0, 0.05) is 12.0 Å². The molecule has 0 aromatic carbocycles. The number of carbonyl (C=O) groups is 1. The van der Waals surface area contributed by atoms with Crippen LogP contribution in [0.15, 0.2) is 47.6 Å². The molecule has 0 aromatic rings. The third-order valence-electron chi connectivity index (χ3n) is 8.09. The van der Waals surface area contributed by atoms with Crippen LogP contribution in [0.25, 0.3) is 0 Å². The highest BCUT2D eigenvalue weighted by atomic mass is 16.6. The van der Waals surface area contributed by atoms with Gasteiger partial charge in [-0.15, -0.1) is 0 Å². The average Bonchev–Trinajstić information content (AvgIpc) is 3.62. The van der Waals surface area contributed by atoms with Gasteiger partial charge in [-0.2, -0.15) is 0 Å². The van der Waals surface area contributed by atoms with E-state index in [2.05, 4.69) is 31.7 Å². The van der Waals surface area contributed by atoms with E-state index in [1.54, 1.807) is 19.9 Å². The molecule has 8 heteroatoms. The number of ether oxygens (including phenoxy) is 2. The van der Waals surface area contributed by atoms with Gasteiger partial charge in [0.25, 0.3) is 0 Å². The molecule has 1 saturated heterocycles. The highest BCUT2D eigenvalue weighted by Crippen LogP contribution is 2.32. The first-order valence-corrected chi connectivity index (χ1v) is 14.7. The van der Waals surface area contributed by atoms with Crippen molar-refractivity contribution in [1.29, 1.82) is 0 Å². The normalized spacial score (nSPS) is 42.0. The van der Waals surface area contributed by atoms with Gasteiger partial charge in [0.05, 0.1) is 31.0 Å². The fourth-order valence-corrected chi connectivity index (χ4v) is 5.31. The van der Waals surface area contributed by atoms with E-state index in [0.717, 1.165) is 30.4 Å². The second-order valence-corrected chi connectivity index (χ2v) is 12.1. The zero-order chi connectivity index (χ0) is 30.0. The van der Waals surface area contributed by atoms with Crippen LogP contribution in [0.5, 0.6) is 0 Å². The molecule has 1 fully saturated rings. The van der Waals surface area contributed by atoms with Crippen molar-refractivity contribution in [3.63, 3.8) is 0 Å². The molecular weight excluding hydrogens is 512 g/mol. The summed E-state index contributed by atoms with van der Waals surface area (Å²) in [6.07, 6.45) is 6.00. The van der Waals surface area contributed by atoms with Gasteiger partial charge in [0.1, 0.15) is 18.3 Å². The van der Waals surface area contributed by atoms with E-state index in [0.29, 0.717) is 24.3 Å². The summed E-state index contributed by atoms with van der Waals surface area (Å²) in [4.78, 5) is 12.5. The van der Waals surface area contributed by atoms with Crippen LogP contribution < -0.4 is 0 Å². The molecule has 0 amide bonds. The maximum Gasteiger partial charge on any atom is 0.333 e. The van der Waals surface area contributed by atoms with Crippen molar-refractivity contribution in [1.82, 2.24) is 0 Å². The second-order valence-electron chi connectivity index (χ2n) is 12.1. The van der Waals surface area contributed by atoms with Gasteiger partial charge in [-0.3, -0.25) is 0 Å². The number of esters is 1. The lowest BCUT2D eigenvalue weighted by molar-refractivity contribution is -0.149. The summed E-state index contributed by atoms with van der Waals surface area (Å²) in [7, 11) is 0. The Kier molecular flexibility index (Phi) is 14.3. The van der Waals surface area contributed by atoms with Crippen LogP contribution in [0.2, 0.25) is 0 Å². The first kappa shape index (κ1) is 34.4. The van der Waals surface area contributed by atoms with Crippen molar-refractivity contribution in [2.45, 2.75) is 122 Å². The van der Waals surface area contributed by atoms with Crippen molar-refractivity contribution in [2.75, 3.05) is 6.61 Å². The zero-order valence-corrected chi connectivity index (χ0v) is 24.9. The van der Waals surface area contributed by atoms with E-state index in [9.17, 15) is 30.3 Å². The molecule has 2 aliphatic rings. The largest absolute Gasteiger partial charge is 0.457 e. The summed E-state index contributed by atoms with van der Waals surface area (Å²) in [5.74, 6) is -0.697. The molecule has 0 saturated carbocycles. The van der Waals surface area contributed by atoms with Crippen LogP contribution in [0, 0.1) is 17.8 Å². The Bertz CT molecular complexity index is 909. The van der Waals surface area contributed by atoms with E-state index < -0.39 is 49.0 Å². The molecule has 0 spiro atoms. The van der Waals surface area contributed by atoms with Crippen molar-refractivity contribution in [2.24, 2.45) is 17.8 Å². The van der Waals surface area contributed by atoms with Crippen molar-refractivity contribution in [3.8, 4) is 0 Å². The minimum absolute atomic E-state index is 0.0348. The van der Waals surface area contributed by atoms with Gasteiger partial charge in [-0.25, -0.2) is 4.79 Å². The number of epoxide rings is 1. The lowest BCUT2D eigenvalue weighted by atomic mass is 9.87. The molecule has 228 valence electrons. The molecule has 2 heterocycles. The van der Waals surface area contributed by atoms with Crippen LogP contribution in [-0.2, 0) is 14.3 Å². The summed E-state index contributed by atoms with van der Waals surface area (Å²) in [6.45, 7) is 13.3. The van der Waals surface area contributed by atoms with Gasteiger partial charge in [-0.1, -0.05) is 62.8 Å². The van der Waals surface area contributed by atoms with E-state index in [4.69, 9.17) is 9.47 Å². The topological polar surface area (TPSA) is 140 Å². The minimum Gasteiger partial charge on any atom is -0.457 e. The lowest BCUT2D eigenvalue weighted by Gasteiger charge is -2.30. The van der Waals surface area contributed by atoms with E-state index >= 15 is 0 Å². The Hall–Kier alpha value is -1.81. The number of aliphatic hydroxyl groups excluding tert-OH is 5. The SMILES string of the molecule is C=C1/C=C(\C)[C@@H](C)C[C@H](O)C[C@H](O)[C@H](O)[C@@H](O)[C@H](C)C[C@H](CO)OC(=O)/C(C)=C/CC/C=C/[C@@H]2O[C@H]2CC(C)C1. The molecule has 0 aliphatic carbocycles. The fraction of sp³-hybridized carbons (Fsp3) is 0.719. The summed E-state index contributed by atoms with van der Waals surface area (Å²) in [5.41, 5.74) is 2.53. The van der Waals surface area contributed by atoms with Crippen LogP contribution in [0.3, 0.4) is 0 Å². The summed E-state index contributed by atoms with van der Waals surface area (Å²) < 4.78 is 11.2. The number of hydrogen-bond acceptors (Lipinski definition) is 8. The Balaban J connectivity index is 2.13. The van der Waals surface area contributed by atoms with E-state index in [1.165, 1.54) is 0 Å². The Morgan fingerprint density at radius 1 is 0.975 bits per heavy atom. The summed E-state index contributed by atoms with van der Waals surface area (Å²) in [6, 6.07) is 0. The smallest absolute Gasteiger partial charge is 0.333 e. The van der Waals surface area contributed by atoms with Gasteiger partial charge >= 0.3 is 5.97 Å². The van der Waals surface area contributed by atoms with Crippen molar-refractivity contribution >= 4 is 5.97 Å². The quantitative estimate of drug-likeness (QED) is 0.184. The van der Waals surface area contributed by atoms with E-state index in [-0.39, 0.29) is 31.0 Å². The summed E-state index contributed by atoms with van der Waals surface area (Å²) in [5, 5.41) is 52.1. The van der Waals surface area contributed by atoms with Gasteiger partial charge in [0.2, 0.25) is 0 Å². The number of hydrogen-bond donors (Lipinski definition) is 5. The maximum atomic E-state index is 12.5. The number of allylic oxidation sites excluding steroid dienone is 5. The Morgan fingerprint density at radius 3 is 2.35 bits per heavy atom. The maximum absolute atomic E-state index is 12.5. The molecule has 8 nitrogen and oxygen atoms in total. The number of cyclic esters (lactones) is 1. The van der Waals surface area contributed by atoms with E-state index in [1.807, 2.05) is 13.8 Å². The molecule has 2 aliphatic heterocycles. The summed E-state index contributed by atoms with van der Waals surface area (Å²) >= 11 is 0. The van der Waals surface area contributed by atoms with Crippen molar-refractivity contribution in [3.05, 3.63) is 47.6 Å². The van der Waals surface area contributed by atoms with Crippen molar-refractivity contribution < 1.29 is 39.8 Å². The minimum atomic E-state index is -1.50. The van der Waals surface area contributed by atoms with Gasteiger partial charge in [0.15, 0.2) is 0 Å². The fourth-order valence-electron chi connectivity index (χ4n) is 5.31. The average molecular weight is 565 g/mol. The van der Waals surface area contributed by atoms with Crippen LogP contribution in [0.1, 0.15) is 79.6 Å². The second kappa shape index (κ2) is 16.6. The standard InChI is InChI=1S/C32H52O8/c1-19-12-20(2)14-29-28(40-29)11-9-7-8-10-21(3)32(38)39-26(18-33)16-24(6)30(36)31(37)27(35)17-25(34)15-23(5)22(4)13-19/h9-11,13,20,23-31,33-37H,1,7-8,12,14-18H2,2-6H3/b11-9+,21-10+,22-13+/t20?,23-,24+,25-,26+,27-,28-,29-,30-,31-/m0/s1. The van der Waals surface area contributed by atoms with Gasteiger partial charge < -0.3 is 35.0 Å². The molecule has 2 rings (SSSR count). The highest BCUT2D eigenvalue weighted by Gasteiger charge is 2.37. The number of fused-ring (bicyclic) bond motifs is 1. The Morgan fingerprint density at radius 2 is 1.68 bits per heavy atom. The third kappa shape index (κ3) is 11.6. The molecular formula is C32H52O8. The zero-order valence-electron chi connectivity index (χ0n) is 24.9. The number of carbonyl (C=O) groups excluding carboxylic acids is 1. The van der Waals surface area contributed by atoms with Crippen LogP contribution in [0.4, 0.5) is 0 Å². The predicted octanol–water partition coefficient (Wildman–Crippen LogP) is 3.76.